The molecule has 0 spiro atoms. The first-order valence-electron chi connectivity index (χ1n) is 8.82. The molecule has 144 valence electrons. The Labute approximate surface area is 176 Å². The Morgan fingerprint density at radius 2 is 1.83 bits per heavy atom. The second-order valence-electron chi connectivity index (χ2n) is 6.46. The van der Waals surface area contributed by atoms with Gasteiger partial charge in [-0.25, -0.2) is 0 Å². The molecule has 0 aliphatic carbocycles. The van der Waals surface area contributed by atoms with Crippen molar-refractivity contribution >= 4 is 46.9 Å². The second kappa shape index (κ2) is 8.14. The number of aryl methyl sites for hydroxylation is 1. The van der Waals surface area contributed by atoms with Crippen LogP contribution >= 0.6 is 23.5 Å². The molecule has 1 heterocycles. The van der Waals surface area contributed by atoms with E-state index in [4.69, 9.17) is 0 Å². The number of thioether (sulfide) groups is 1. The van der Waals surface area contributed by atoms with E-state index in [0.717, 1.165) is 21.0 Å². The number of rotatable bonds is 4. The Hall–Kier alpha value is -3.03. The molecule has 1 N–H and O–H groups in total. The summed E-state index contributed by atoms with van der Waals surface area (Å²) in [4.78, 5) is 26.6. The van der Waals surface area contributed by atoms with Crippen molar-refractivity contribution in [3.8, 4) is 0 Å². The lowest BCUT2D eigenvalue weighted by molar-refractivity contribution is -0.387. The minimum atomic E-state index is -0.387. The lowest BCUT2D eigenvalue weighted by Gasteiger charge is -2.18. The molecule has 0 atom stereocenters. The molecule has 4 rings (SSSR count). The Balaban J connectivity index is 1.64. The van der Waals surface area contributed by atoms with Crippen LogP contribution in [0.15, 0.2) is 86.3 Å². The van der Waals surface area contributed by atoms with Gasteiger partial charge < -0.3 is 5.32 Å². The standard InChI is InChI=1S/C22H16N2O3S2/c1-14-6-9-16(10-7-14)28-20-11-8-15(12-18(20)24(26)27)13-21-22(25)23-17-4-2-3-5-19(17)29-21/h2-13H,1H3,(H,23,25)/b21-13+. The molecular weight excluding hydrogens is 404 g/mol. The Bertz CT molecular complexity index is 1140. The topological polar surface area (TPSA) is 72.2 Å². The lowest BCUT2D eigenvalue weighted by Crippen LogP contribution is -2.17. The minimum absolute atomic E-state index is 0.0199. The van der Waals surface area contributed by atoms with Crippen molar-refractivity contribution < 1.29 is 9.72 Å². The summed E-state index contributed by atoms with van der Waals surface area (Å²) in [5.74, 6) is -0.213. The van der Waals surface area contributed by atoms with E-state index in [1.165, 1.54) is 29.6 Å². The van der Waals surface area contributed by atoms with E-state index in [0.29, 0.717) is 15.4 Å². The SMILES string of the molecule is Cc1ccc(Sc2ccc(/C=C3/Sc4ccccc4NC3=O)cc2[N+](=O)[O-])cc1. The summed E-state index contributed by atoms with van der Waals surface area (Å²) >= 11 is 2.71. The normalized spacial score (nSPS) is 14.4. The molecule has 0 radical (unpaired) electrons. The van der Waals surface area contributed by atoms with Crippen LogP contribution in [0.5, 0.6) is 0 Å². The molecule has 3 aromatic rings. The van der Waals surface area contributed by atoms with Crippen LogP contribution in [0.25, 0.3) is 6.08 Å². The number of anilines is 1. The molecule has 1 aliphatic heterocycles. The van der Waals surface area contributed by atoms with Crippen molar-refractivity contribution in [1.82, 2.24) is 0 Å². The van der Waals surface area contributed by atoms with Crippen LogP contribution in [0.2, 0.25) is 0 Å². The number of para-hydroxylation sites is 1. The van der Waals surface area contributed by atoms with Crippen LogP contribution in [-0.4, -0.2) is 10.8 Å². The van der Waals surface area contributed by atoms with Crippen LogP contribution in [0.3, 0.4) is 0 Å². The zero-order chi connectivity index (χ0) is 20.4. The van der Waals surface area contributed by atoms with E-state index in [2.05, 4.69) is 5.32 Å². The highest BCUT2D eigenvalue weighted by Crippen LogP contribution is 2.40. The molecule has 0 saturated heterocycles. The number of carbonyl (C=O) groups is 1. The molecule has 1 aliphatic rings. The predicted molar refractivity (Wildman–Crippen MR) is 117 cm³/mol. The maximum absolute atomic E-state index is 12.4. The van der Waals surface area contributed by atoms with Gasteiger partial charge in [-0.15, -0.1) is 0 Å². The third kappa shape index (κ3) is 4.36. The molecule has 0 unspecified atom stereocenters. The number of nitrogens with zero attached hydrogens (tertiary/aromatic N) is 1. The van der Waals surface area contributed by atoms with Gasteiger partial charge in [-0.3, -0.25) is 14.9 Å². The molecule has 3 aromatic carbocycles. The van der Waals surface area contributed by atoms with Gasteiger partial charge in [-0.05, 0) is 48.9 Å². The van der Waals surface area contributed by atoms with Crippen molar-refractivity contribution in [3.05, 3.63) is 92.9 Å². The van der Waals surface area contributed by atoms with Crippen LogP contribution in [-0.2, 0) is 4.79 Å². The van der Waals surface area contributed by atoms with Crippen LogP contribution in [0, 0.1) is 17.0 Å². The third-order valence-corrected chi connectivity index (χ3v) is 6.48. The number of hydrogen-bond donors (Lipinski definition) is 1. The van der Waals surface area contributed by atoms with Gasteiger partial charge in [0.25, 0.3) is 11.6 Å². The van der Waals surface area contributed by atoms with E-state index >= 15 is 0 Å². The number of carbonyl (C=O) groups excluding carboxylic acids is 1. The van der Waals surface area contributed by atoms with Crippen molar-refractivity contribution in [1.29, 1.82) is 0 Å². The number of nitro groups is 1. The van der Waals surface area contributed by atoms with Gasteiger partial charge in [-0.1, -0.05) is 59.4 Å². The smallest absolute Gasteiger partial charge is 0.283 e. The van der Waals surface area contributed by atoms with Gasteiger partial charge in [-0.2, -0.15) is 0 Å². The van der Waals surface area contributed by atoms with Gasteiger partial charge in [0.15, 0.2) is 0 Å². The molecule has 5 nitrogen and oxygen atoms in total. The first kappa shape index (κ1) is 19.3. The van der Waals surface area contributed by atoms with Crippen LogP contribution < -0.4 is 5.32 Å². The third-order valence-electron chi connectivity index (χ3n) is 4.31. The summed E-state index contributed by atoms with van der Waals surface area (Å²) in [6.45, 7) is 2.00. The number of nitro benzene ring substituents is 1. The quantitative estimate of drug-likeness (QED) is 0.312. The molecule has 0 aromatic heterocycles. The highest BCUT2D eigenvalue weighted by molar-refractivity contribution is 8.04. The summed E-state index contributed by atoms with van der Waals surface area (Å²) in [6.07, 6.45) is 1.68. The van der Waals surface area contributed by atoms with Gasteiger partial charge >= 0.3 is 0 Å². The minimum Gasteiger partial charge on any atom is -0.320 e. The van der Waals surface area contributed by atoms with Gasteiger partial charge in [0.1, 0.15) is 0 Å². The zero-order valence-corrected chi connectivity index (χ0v) is 17.0. The summed E-state index contributed by atoms with van der Waals surface area (Å²) < 4.78 is 0. The molecule has 0 saturated carbocycles. The van der Waals surface area contributed by atoms with Crippen LogP contribution in [0.4, 0.5) is 11.4 Å². The van der Waals surface area contributed by atoms with Crippen molar-refractivity contribution in [2.45, 2.75) is 21.6 Å². The van der Waals surface area contributed by atoms with Gasteiger partial charge in [0, 0.05) is 15.9 Å². The highest BCUT2D eigenvalue weighted by Gasteiger charge is 2.21. The molecule has 1 amide bonds. The van der Waals surface area contributed by atoms with E-state index in [9.17, 15) is 14.9 Å². The van der Waals surface area contributed by atoms with E-state index in [-0.39, 0.29) is 16.5 Å². The molecule has 0 fully saturated rings. The summed E-state index contributed by atoms with van der Waals surface area (Å²) in [7, 11) is 0. The summed E-state index contributed by atoms with van der Waals surface area (Å²) in [6, 6.07) is 20.4. The first-order chi connectivity index (χ1) is 14.0. The maximum atomic E-state index is 12.4. The molecule has 7 heteroatoms. The van der Waals surface area contributed by atoms with E-state index in [1.54, 1.807) is 18.2 Å². The average Bonchev–Trinajstić information content (AvgIpc) is 2.71. The first-order valence-corrected chi connectivity index (χ1v) is 10.5. The van der Waals surface area contributed by atoms with Crippen molar-refractivity contribution in [2.24, 2.45) is 0 Å². The Morgan fingerprint density at radius 1 is 1.07 bits per heavy atom. The Morgan fingerprint density at radius 3 is 2.59 bits per heavy atom. The monoisotopic (exact) mass is 420 g/mol. The van der Waals surface area contributed by atoms with Gasteiger partial charge in [0.2, 0.25) is 0 Å². The fourth-order valence-electron chi connectivity index (χ4n) is 2.84. The van der Waals surface area contributed by atoms with Crippen molar-refractivity contribution in [3.63, 3.8) is 0 Å². The lowest BCUT2D eigenvalue weighted by atomic mass is 10.2. The fraction of sp³-hybridized carbons (Fsp3) is 0.0455. The second-order valence-corrected chi connectivity index (χ2v) is 8.66. The molecule has 0 bridgehead atoms. The number of amides is 1. The Kier molecular flexibility index (Phi) is 5.42. The zero-order valence-electron chi connectivity index (χ0n) is 15.4. The summed E-state index contributed by atoms with van der Waals surface area (Å²) in [5, 5.41) is 14.5. The number of benzene rings is 3. The fourth-order valence-corrected chi connectivity index (χ4v) is 4.69. The van der Waals surface area contributed by atoms with Gasteiger partial charge in [0.05, 0.1) is 20.4 Å². The highest BCUT2D eigenvalue weighted by atomic mass is 32.2. The number of fused-ring (bicyclic) bond motifs is 1. The van der Waals surface area contributed by atoms with E-state index in [1.807, 2.05) is 55.5 Å². The number of nitrogens with one attached hydrogen (secondary N) is 1. The molecular formula is C22H16N2O3S2. The van der Waals surface area contributed by atoms with E-state index < -0.39 is 0 Å². The predicted octanol–water partition coefficient (Wildman–Crippen LogP) is 6.14. The largest absolute Gasteiger partial charge is 0.320 e. The van der Waals surface area contributed by atoms with Crippen LogP contribution in [0.1, 0.15) is 11.1 Å². The molecule has 29 heavy (non-hydrogen) atoms. The van der Waals surface area contributed by atoms with Crippen molar-refractivity contribution in [2.75, 3.05) is 5.32 Å². The average molecular weight is 421 g/mol. The number of hydrogen-bond acceptors (Lipinski definition) is 5. The maximum Gasteiger partial charge on any atom is 0.283 e. The summed E-state index contributed by atoms with van der Waals surface area (Å²) in [5.41, 5.74) is 2.54.